The van der Waals surface area contributed by atoms with Crippen LogP contribution in [0.3, 0.4) is 0 Å². The van der Waals surface area contributed by atoms with E-state index in [1.54, 1.807) is 13.0 Å². The van der Waals surface area contributed by atoms with Crippen LogP contribution in [0.2, 0.25) is 0 Å². The summed E-state index contributed by atoms with van der Waals surface area (Å²) in [6, 6.07) is 11.7. The Balaban J connectivity index is 0.00000108. The molecule has 23 heavy (non-hydrogen) atoms. The van der Waals surface area contributed by atoms with Crippen LogP contribution >= 0.6 is 0 Å². The van der Waals surface area contributed by atoms with Gasteiger partial charge in [-0.25, -0.2) is 4.79 Å². The first kappa shape index (κ1) is 20.4. The number of hydrogen-bond donors (Lipinski definition) is 0. The number of nitrogens with zero attached hydrogens (tertiary/aromatic N) is 1. The van der Waals surface area contributed by atoms with E-state index in [9.17, 15) is 4.79 Å². The lowest BCUT2D eigenvalue weighted by Crippen LogP contribution is -2.24. The van der Waals surface area contributed by atoms with Crippen molar-refractivity contribution in [3.63, 3.8) is 0 Å². The Morgan fingerprint density at radius 2 is 1.74 bits per heavy atom. The highest BCUT2D eigenvalue weighted by Gasteiger charge is 2.18. The maximum absolute atomic E-state index is 11.9. The first-order chi connectivity index (χ1) is 10.7. The first-order valence-corrected chi connectivity index (χ1v) is 7.35. The second-order valence-electron chi connectivity index (χ2n) is 5.89. The fraction of sp³-hybridized carbons (Fsp3) is 0.300. The van der Waals surface area contributed by atoms with Gasteiger partial charge in [-0.3, -0.25) is 0 Å². The molecule has 0 amide bonds. The highest BCUT2D eigenvalue weighted by molar-refractivity contribution is 5.89. The predicted molar refractivity (Wildman–Crippen MR) is 95.5 cm³/mol. The Bertz CT molecular complexity index is 611. The number of benzene rings is 1. The molecule has 0 N–H and O–H groups in total. The summed E-state index contributed by atoms with van der Waals surface area (Å²) in [5.74, 6) is -0.261. The van der Waals surface area contributed by atoms with Crippen LogP contribution in [-0.4, -0.2) is 11.6 Å². The molecule has 1 rings (SSSR count). The molecule has 122 valence electrons. The molecule has 0 aromatic heterocycles. The highest BCUT2D eigenvalue weighted by atomic mass is 16.6. The molecule has 1 aromatic rings. The average molecular weight is 311 g/mol. The van der Waals surface area contributed by atoms with Gasteiger partial charge in [0.25, 0.3) is 0 Å². The van der Waals surface area contributed by atoms with Gasteiger partial charge >= 0.3 is 5.97 Å². The number of hydrogen-bond acceptors (Lipinski definition) is 3. The van der Waals surface area contributed by atoms with Crippen molar-refractivity contribution >= 4 is 12.0 Å². The molecule has 0 aliphatic heterocycles. The number of nitriles is 1. The Morgan fingerprint density at radius 3 is 2.17 bits per heavy atom. The van der Waals surface area contributed by atoms with Crippen molar-refractivity contribution in [2.24, 2.45) is 0 Å². The highest BCUT2D eigenvalue weighted by Crippen LogP contribution is 2.15. The average Bonchev–Trinajstić information content (AvgIpc) is 2.51. The molecular weight excluding hydrogens is 286 g/mol. The summed E-state index contributed by atoms with van der Waals surface area (Å²) in [4.78, 5) is 11.9. The largest absolute Gasteiger partial charge is 0.457 e. The minimum absolute atomic E-state index is 0.261. The minimum atomic E-state index is -0.457. The molecule has 0 saturated heterocycles. The predicted octanol–water partition coefficient (Wildman–Crippen LogP) is 5.07. The second-order valence-corrected chi connectivity index (χ2v) is 5.89. The molecule has 0 aliphatic rings. The van der Waals surface area contributed by atoms with Gasteiger partial charge < -0.3 is 4.74 Å². The molecule has 0 spiro atoms. The summed E-state index contributed by atoms with van der Waals surface area (Å²) in [5, 5.41) is 7.51. The molecular formula is C20H25NO2. The number of ether oxygens (including phenoxy) is 1. The van der Waals surface area contributed by atoms with Gasteiger partial charge in [0, 0.05) is 11.6 Å². The van der Waals surface area contributed by atoms with Gasteiger partial charge in [0.1, 0.15) is 5.60 Å². The summed E-state index contributed by atoms with van der Waals surface area (Å²) in [6.07, 6.45) is 5.11. The number of carbonyl (C=O) groups is 1. The zero-order valence-corrected chi connectivity index (χ0v) is 14.6. The second kappa shape index (κ2) is 10.2. The molecule has 3 nitrogen and oxygen atoms in total. The van der Waals surface area contributed by atoms with Gasteiger partial charge in [0.15, 0.2) is 0 Å². The topological polar surface area (TPSA) is 50.1 Å². The maximum atomic E-state index is 11.9. The summed E-state index contributed by atoms with van der Waals surface area (Å²) in [6.45, 7) is 12.4. The molecule has 0 fully saturated rings. The van der Waals surface area contributed by atoms with Crippen molar-refractivity contribution in [2.75, 3.05) is 0 Å². The van der Waals surface area contributed by atoms with Crippen LogP contribution in [0.25, 0.3) is 6.08 Å². The lowest BCUT2D eigenvalue weighted by molar-refractivity contribution is -0.149. The summed E-state index contributed by atoms with van der Waals surface area (Å²) < 4.78 is 5.34. The standard InChI is InChI=1S/C17H22O2.C3H3N/c1-13(11-12-15-9-7-6-8-10-15)14(2)16(18)19-17(3,4)5;1-2-3-4/h6-12H,1-5H3;2H,1H2. The van der Waals surface area contributed by atoms with Crippen molar-refractivity contribution in [1.82, 2.24) is 0 Å². The SMILES string of the molecule is C=CC#N.CC(C=Cc1ccccc1)=C(C)C(=O)OC(C)(C)C. The monoisotopic (exact) mass is 311 g/mol. The lowest BCUT2D eigenvalue weighted by atomic mass is 10.1. The summed E-state index contributed by atoms with van der Waals surface area (Å²) >= 11 is 0. The fourth-order valence-corrected chi connectivity index (χ4v) is 1.43. The third-order valence-electron chi connectivity index (χ3n) is 2.71. The molecule has 0 saturated carbocycles. The van der Waals surface area contributed by atoms with E-state index in [0.717, 1.165) is 11.1 Å². The Kier molecular flexibility index (Phi) is 9.03. The Hall–Kier alpha value is -2.60. The fourth-order valence-electron chi connectivity index (χ4n) is 1.43. The van der Waals surface area contributed by atoms with Crippen molar-refractivity contribution in [2.45, 2.75) is 40.2 Å². The zero-order chi connectivity index (χ0) is 17.9. The smallest absolute Gasteiger partial charge is 0.334 e. The maximum Gasteiger partial charge on any atom is 0.334 e. The molecule has 0 heterocycles. The van der Waals surface area contributed by atoms with Crippen molar-refractivity contribution in [3.8, 4) is 6.07 Å². The zero-order valence-electron chi connectivity index (χ0n) is 14.6. The Labute approximate surface area is 139 Å². The first-order valence-electron chi connectivity index (χ1n) is 7.35. The van der Waals surface area contributed by atoms with Gasteiger partial charge in [0.2, 0.25) is 0 Å². The number of allylic oxidation sites excluding steroid dienone is 3. The van der Waals surface area contributed by atoms with Gasteiger partial charge in [-0.15, -0.1) is 0 Å². The Morgan fingerprint density at radius 1 is 1.22 bits per heavy atom. The van der Waals surface area contributed by atoms with E-state index >= 15 is 0 Å². The van der Waals surface area contributed by atoms with E-state index in [1.165, 1.54) is 6.08 Å². The van der Waals surface area contributed by atoms with Crippen LogP contribution in [0, 0.1) is 11.3 Å². The van der Waals surface area contributed by atoms with Gasteiger partial charge in [-0.2, -0.15) is 5.26 Å². The van der Waals surface area contributed by atoms with Crippen LogP contribution in [0.15, 0.2) is 60.2 Å². The van der Waals surface area contributed by atoms with Crippen molar-refractivity contribution in [1.29, 1.82) is 5.26 Å². The van der Waals surface area contributed by atoms with Crippen LogP contribution in [-0.2, 0) is 9.53 Å². The number of carbonyl (C=O) groups excluding carboxylic acids is 1. The van der Waals surface area contributed by atoms with E-state index in [2.05, 4.69) is 6.58 Å². The van der Waals surface area contributed by atoms with Crippen LogP contribution < -0.4 is 0 Å². The van der Waals surface area contributed by atoms with E-state index in [1.807, 2.05) is 70.2 Å². The van der Waals surface area contributed by atoms with E-state index < -0.39 is 5.60 Å². The molecule has 0 bridgehead atoms. The quantitative estimate of drug-likeness (QED) is 0.339. The van der Waals surface area contributed by atoms with E-state index in [0.29, 0.717) is 5.57 Å². The van der Waals surface area contributed by atoms with Crippen molar-refractivity contribution < 1.29 is 9.53 Å². The van der Waals surface area contributed by atoms with Crippen molar-refractivity contribution in [3.05, 3.63) is 65.8 Å². The van der Waals surface area contributed by atoms with Gasteiger partial charge in [-0.05, 0) is 45.8 Å². The van der Waals surface area contributed by atoms with Crippen LogP contribution in [0.1, 0.15) is 40.2 Å². The molecule has 3 heteroatoms. The third kappa shape index (κ3) is 9.87. The molecule has 0 radical (unpaired) electrons. The third-order valence-corrected chi connectivity index (χ3v) is 2.71. The number of esters is 1. The lowest BCUT2D eigenvalue weighted by Gasteiger charge is -2.20. The van der Waals surface area contributed by atoms with E-state index in [-0.39, 0.29) is 5.97 Å². The minimum Gasteiger partial charge on any atom is -0.457 e. The summed E-state index contributed by atoms with van der Waals surface area (Å²) in [7, 11) is 0. The molecule has 0 atom stereocenters. The number of rotatable bonds is 3. The summed E-state index contributed by atoms with van der Waals surface area (Å²) in [5.41, 5.74) is 2.21. The molecule has 0 aliphatic carbocycles. The van der Waals surface area contributed by atoms with Gasteiger partial charge in [-0.1, -0.05) is 49.1 Å². The van der Waals surface area contributed by atoms with Crippen LogP contribution in [0.5, 0.6) is 0 Å². The molecule has 1 aromatic carbocycles. The van der Waals surface area contributed by atoms with Gasteiger partial charge in [0.05, 0.1) is 6.07 Å². The van der Waals surface area contributed by atoms with E-state index in [4.69, 9.17) is 10.00 Å². The van der Waals surface area contributed by atoms with Crippen LogP contribution in [0.4, 0.5) is 0 Å². The molecule has 0 unspecified atom stereocenters. The normalized spacial score (nSPS) is 11.7.